The third kappa shape index (κ3) is 1.84. The van der Waals surface area contributed by atoms with E-state index in [4.69, 9.17) is 5.84 Å². The van der Waals surface area contributed by atoms with Crippen molar-refractivity contribution in [1.82, 2.24) is 5.43 Å². The molecule has 2 nitrogen and oxygen atoms in total. The number of nitrogens with one attached hydrogen (secondary N) is 1. The lowest BCUT2D eigenvalue weighted by Crippen LogP contribution is -2.63. The Balaban J connectivity index is 1.95. The Kier molecular flexibility index (Phi) is 2.68. The smallest absolute Gasteiger partial charge is 0.0315 e. The van der Waals surface area contributed by atoms with E-state index >= 15 is 0 Å². The zero-order valence-corrected chi connectivity index (χ0v) is 12.6. The first-order valence-corrected chi connectivity index (χ1v) is 7.73. The van der Waals surface area contributed by atoms with Crippen LogP contribution in [-0.4, -0.2) is 6.04 Å². The van der Waals surface area contributed by atoms with E-state index in [1.54, 1.807) is 0 Å². The monoisotopic (exact) mass is 250 g/mol. The van der Waals surface area contributed by atoms with Gasteiger partial charge in [0.05, 0.1) is 0 Å². The van der Waals surface area contributed by atoms with Gasteiger partial charge in [0.15, 0.2) is 0 Å². The molecule has 4 rings (SSSR count). The van der Waals surface area contributed by atoms with Gasteiger partial charge in [-0.3, -0.25) is 11.3 Å². The fourth-order valence-electron chi connectivity index (χ4n) is 6.48. The lowest BCUT2D eigenvalue weighted by Gasteiger charge is -2.65. The molecule has 0 aliphatic heterocycles. The summed E-state index contributed by atoms with van der Waals surface area (Å²) in [4.78, 5) is 0. The number of hydrogen-bond acceptors (Lipinski definition) is 2. The molecular formula is C16H30N2. The summed E-state index contributed by atoms with van der Waals surface area (Å²) in [7, 11) is 0. The highest BCUT2D eigenvalue weighted by Crippen LogP contribution is 2.67. The average molecular weight is 250 g/mol. The zero-order valence-electron chi connectivity index (χ0n) is 12.6. The zero-order chi connectivity index (χ0) is 13.2. The van der Waals surface area contributed by atoms with E-state index in [1.807, 2.05) is 0 Å². The van der Waals surface area contributed by atoms with Crippen LogP contribution in [0.1, 0.15) is 66.2 Å². The summed E-state index contributed by atoms with van der Waals surface area (Å²) < 4.78 is 0. The van der Waals surface area contributed by atoms with Crippen LogP contribution in [0.25, 0.3) is 0 Å². The molecule has 0 aromatic heterocycles. The topological polar surface area (TPSA) is 38.0 Å². The summed E-state index contributed by atoms with van der Waals surface area (Å²) in [5.74, 6) is 7.94. The van der Waals surface area contributed by atoms with E-state index < -0.39 is 0 Å². The largest absolute Gasteiger partial charge is 0.271 e. The SMILES string of the molecule is CC12CC3CC(C1)CC(C(NN)C(C)(C)C)(C3)C2. The van der Waals surface area contributed by atoms with Gasteiger partial charge in [-0.05, 0) is 66.6 Å². The summed E-state index contributed by atoms with van der Waals surface area (Å²) in [6.07, 6.45) is 8.70. The van der Waals surface area contributed by atoms with Crippen LogP contribution in [0.4, 0.5) is 0 Å². The summed E-state index contributed by atoms with van der Waals surface area (Å²) in [6.45, 7) is 9.57. The van der Waals surface area contributed by atoms with Crippen LogP contribution < -0.4 is 11.3 Å². The van der Waals surface area contributed by atoms with Crippen LogP contribution >= 0.6 is 0 Å². The van der Waals surface area contributed by atoms with Crippen molar-refractivity contribution in [3.05, 3.63) is 0 Å². The van der Waals surface area contributed by atoms with Crippen molar-refractivity contribution < 1.29 is 0 Å². The summed E-state index contributed by atoms with van der Waals surface area (Å²) >= 11 is 0. The number of hydrazine groups is 1. The van der Waals surface area contributed by atoms with Gasteiger partial charge in [0.2, 0.25) is 0 Å². The van der Waals surface area contributed by atoms with Gasteiger partial charge >= 0.3 is 0 Å². The second kappa shape index (κ2) is 3.73. The minimum Gasteiger partial charge on any atom is -0.271 e. The molecule has 0 aromatic carbocycles. The average Bonchev–Trinajstić information content (AvgIpc) is 2.10. The fourth-order valence-corrected chi connectivity index (χ4v) is 6.48. The van der Waals surface area contributed by atoms with Gasteiger partial charge in [-0.25, -0.2) is 0 Å². The van der Waals surface area contributed by atoms with Crippen molar-refractivity contribution in [1.29, 1.82) is 0 Å². The van der Waals surface area contributed by atoms with Gasteiger partial charge in [-0.1, -0.05) is 27.7 Å². The van der Waals surface area contributed by atoms with Crippen molar-refractivity contribution in [3.8, 4) is 0 Å². The van der Waals surface area contributed by atoms with Crippen LogP contribution in [0.15, 0.2) is 0 Å². The van der Waals surface area contributed by atoms with Gasteiger partial charge in [-0.15, -0.1) is 0 Å². The Morgan fingerprint density at radius 1 is 1.11 bits per heavy atom. The van der Waals surface area contributed by atoms with Gasteiger partial charge < -0.3 is 0 Å². The summed E-state index contributed by atoms with van der Waals surface area (Å²) in [5.41, 5.74) is 4.57. The highest BCUT2D eigenvalue weighted by molar-refractivity contribution is 5.11. The van der Waals surface area contributed by atoms with E-state index in [1.165, 1.54) is 38.5 Å². The Morgan fingerprint density at radius 2 is 1.67 bits per heavy atom. The van der Waals surface area contributed by atoms with Crippen LogP contribution in [-0.2, 0) is 0 Å². The second-order valence-corrected chi connectivity index (χ2v) is 9.10. The maximum atomic E-state index is 5.97. The van der Waals surface area contributed by atoms with E-state index in [0.29, 0.717) is 16.9 Å². The normalized spacial score (nSPS) is 48.5. The highest BCUT2D eigenvalue weighted by atomic mass is 15.2. The maximum absolute atomic E-state index is 5.97. The van der Waals surface area contributed by atoms with Crippen molar-refractivity contribution in [2.75, 3.05) is 0 Å². The van der Waals surface area contributed by atoms with Crippen molar-refractivity contribution >= 4 is 0 Å². The van der Waals surface area contributed by atoms with Crippen LogP contribution in [0.5, 0.6) is 0 Å². The third-order valence-electron chi connectivity index (χ3n) is 6.04. The molecule has 0 aromatic rings. The molecule has 2 heteroatoms. The molecule has 0 spiro atoms. The van der Waals surface area contributed by atoms with Crippen LogP contribution in [0.3, 0.4) is 0 Å². The molecule has 4 saturated carbocycles. The molecule has 0 saturated heterocycles. The van der Waals surface area contributed by atoms with Gasteiger partial charge in [-0.2, -0.15) is 0 Å². The number of rotatable bonds is 2. The van der Waals surface area contributed by atoms with E-state index in [-0.39, 0.29) is 5.41 Å². The van der Waals surface area contributed by atoms with Crippen LogP contribution in [0.2, 0.25) is 0 Å². The Morgan fingerprint density at radius 3 is 2.06 bits per heavy atom. The molecule has 3 N–H and O–H groups in total. The van der Waals surface area contributed by atoms with Crippen molar-refractivity contribution in [3.63, 3.8) is 0 Å². The third-order valence-corrected chi connectivity index (χ3v) is 6.04. The highest BCUT2D eigenvalue weighted by Gasteiger charge is 2.59. The second-order valence-electron chi connectivity index (χ2n) is 9.10. The van der Waals surface area contributed by atoms with E-state index in [2.05, 4.69) is 33.1 Å². The minimum absolute atomic E-state index is 0.261. The molecule has 0 heterocycles. The summed E-state index contributed by atoms with van der Waals surface area (Å²) in [6, 6.07) is 0.468. The van der Waals surface area contributed by atoms with Gasteiger partial charge in [0, 0.05) is 6.04 Å². The molecule has 18 heavy (non-hydrogen) atoms. The Labute approximate surface area is 112 Å². The predicted octanol–water partition coefficient (Wildman–Crippen LogP) is 3.47. The standard InChI is InChI=1S/C16H30N2/c1-14(2,3)13(18-17)16-8-11-5-12(9-16)7-15(4,6-11)10-16/h11-13,18H,5-10,17H2,1-4H3. The molecule has 4 aliphatic carbocycles. The minimum atomic E-state index is 0.261. The van der Waals surface area contributed by atoms with Crippen molar-refractivity contribution in [2.24, 2.45) is 33.9 Å². The molecule has 0 amide bonds. The lowest BCUT2D eigenvalue weighted by molar-refractivity contribution is -0.133. The molecule has 3 atom stereocenters. The van der Waals surface area contributed by atoms with Gasteiger partial charge in [0.25, 0.3) is 0 Å². The first-order chi connectivity index (χ1) is 8.26. The maximum Gasteiger partial charge on any atom is 0.0315 e. The lowest BCUT2D eigenvalue weighted by atomic mass is 9.41. The first-order valence-electron chi connectivity index (χ1n) is 7.73. The number of hydrogen-bond donors (Lipinski definition) is 2. The van der Waals surface area contributed by atoms with Crippen molar-refractivity contribution in [2.45, 2.75) is 72.3 Å². The molecule has 0 radical (unpaired) electrons. The molecule has 4 aliphatic rings. The van der Waals surface area contributed by atoms with Gasteiger partial charge in [0.1, 0.15) is 0 Å². The Bertz CT molecular complexity index is 327. The molecule has 4 bridgehead atoms. The molecule has 3 unspecified atom stereocenters. The molecule has 4 fully saturated rings. The number of nitrogens with two attached hydrogens (primary N) is 1. The fraction of sp³-hybridized carbons (Fsp3) is 1.00. The van der Waals surface area contributed by atoms with E-state index in [9.17, 15) is 0 Å². The predicted molar refractivity (Wildman–Crippen MR) is 75.8 cm³/mol. The summed E-state index contributed by atoms with van der Waals surface area (Å²) in [5, 5.41) is 0. The molecular weight excluding hydrogens is 220 g/mol. The van der Waals surface area contributed by atoms with E-state index in [0.717, 1.165) is 11.8 Å². The Hall–Kier alpha value is -0.0800. The van der Waals surface area contributed by atoms with Crippen LogP contribution in [0, 0.1) is 28.1 Å². The first kappa shape index (κ1) is 12.9. The quantitative estimate of drug-likeness (QED) is 0.582. The molecule has 104 valence electrons.